The molecule has 0 saturated heterocycles. The summed E-state index contributed by atoms with van der Waals surface area (Å²) in [7, 11) is -3.60. The van der Waals surface area contributed by atoms with Crippen molar-refractivity contribution >= 4 is 27.5 Å². The Bertz CT molecular complexity index is 1450. The molecule has 3 aromatic carbocycles. The Morgan fingerprint density at radius 1 is 0.905 bits per heavy atom. The average Bonchev–Trinajstić information content (AvgIpc) is 2.88. The number of rotatable bonds is 12. The first-order valence-electron chi connectivity index (χ1n) is 14.1. The maximum Gasteiger partial charge on any atom is 0.243 e. The van der Waals surface area contributed by atoms with Gasteiger partial charge in [0.1, 0.15) is 11.9 Å². The fourth-order valence-electron chi connectivity index (χ4n) is 4.89. The number of amides is 2. The summed E-state index contributed by atoms with van der Waals surface area (Å²) >= 11 is 0. The Balaban J connectivity index is 1.91. The minimum atomic E-state index is -3.60. The molecule has 0 saturated carbocycles. The van der Waals surface area contributed by atoms with Crippen LogP contribution in [0.1, 0.15) is 55.9 Å². The highest BCUT2D eigenvalue weighted by molar-refractivity contribution is 7.92. The van der Waals surface area contributed by atoms with E-state index in [4.69, 9.17) is 0 Å². The third-order valence-corrected chi connectivity index (χ3v) is 7.88. The number of anilines is 1. The van der Waals surface area contributed by atoms with Gasteiger partial charge >= 0.3 is 0 Å². The van der Waals surface area contributed by atoms with Crippen LogP contribution in [0.25, 0.3) is 0 Å². The molecule has 226 valence electrons. The lowest BCUT2D eigenvalue weighted by atomic mass is 10.00. The third-order valence-electron chi connectivity index (χ3n) is 6.68. The van der Waals surface area contributed by atoms with Crippen molar-refractivity contribution in [2.24, 2.45) is 0 Å². The van der Waals surface area contributed by atoms with E-state index in [1.165, 1.54) is 21.3 Å². The van der Waals surface area contributed by atoms with Crippen molar-refractivity contribution in [1.82, 2.24) is 10.2 Å². The maximum atomic E-state index is 13.9. The molecule has 1 N–H and O–H groups in total. The Hall–Kier alpha value is -3.72. The summed E-state index contributed by atoms with van der Waals surface area (Å²) in [6.07, 6.45) is 1.71. The van der Waals surface area contributed by atoms with Crippen molar-refractivity contribution in [2.45, 2.75) is 72.0 Å². The summed E-state index contributed by atoms with van der Waals surface area (Å²) in [6.45, 7) is 9.65. The monoisotopic (exact) mass is 595 g/mol. The van der Waals surface area contributed by atoms with Crippen molar-refractivity contribution < 1.29 is 22.4 Å². The van der Waals surface area contributed by atoms with Crippen molar-refractivity contribution in [3.8, 4) is 0 Å². The van der Waals surface area contributed by atoms with Gasteiger partial charge in [-0.3, -0.25) is 13.9 Å². The van der Waals surface area contributed by atoms with Crippen LogP contribution in [0.2, 0.25) is 0 Å². The number of aryl methyl sites for hydroxylation is 2. The van der Waals surface area contributed by atoms with Gasteiger partial charge in [0, 0.05) is 31.5 Å². The van der Waals surface area contributed by atoms with Crippen LogP contribution in [0.15, 0.2) is 72.8 Å². The smallest absolute Gasteiger partial charge is 0.243 e. The van der Waals surface area contributed by atoms with Crippen LogP contribution in [0.5, 0.6) is 0 Å². The third kappa shape index (κ3) is 9.98. The average molecular weight is 596 g/mol. The molecule has 1 unspecified atom stereocenters. The molecule has 42 heavy (non-hydrogen) atoms. The first-order valence-corrected chi connectivity index (χ1v) is 15.9. The molecule has 0 fully saturated rings. The fraction of sp³-hybridized carbons (Fsp3) is 0.394. The van der Waals surface area contributed by atoms with Crippen LogP contribution in [0.4, 0.5) is 10.1 Å². The minimum Gasteiger partial charge on any atom is -0.350 e. The normalized spacial score (nSPS) is 12.5. The van der Waals surface area contributed by atoms with E-state index in [1.807, 2.05) is 83.1 Å². The molecule has 0 aromatic heterocycles. The molecule has 3 rings (SSSR count). The Labute approximate surface area is 249 Å². The summed E-state index contributed by atoms with van der Waals surface area (Å²) in [5.41, 5.74) is 3.47. The van der Waals surface area contributed by atoms with Gasteiger partial charge in [0.05, 0.1) is 11.9 Å². The number of sulfonamides is 1. The Kier molecular flexibility index (Phi) is 10.9. The molecule has 2 amide bonds. The van der Waals surface area contributed by atoms with Gasteiger partial charge < -0.3 is 10.2 Å². The highest BCUT2D eigenvalue weighted by atomic mass is 32.2. The van der Waals surface area contributed by atoms with Crippen LogP contribution < -0.4 is 9.62 Å². The van der Waals surface area contributed by atoms with Gasteiger partial charge in [-0.05, 0) is 87.6 Å². The molecule has 0 aliphatic carbocycles. The van der Waals surface area contributed by atoms with Gasteiger partial charge in [0.15, 0.2) is 0 Å². The Morgan fingerprint density at radius 2 is 1.50 bits per heavy atom. The minimum absolute atomic E-state index is 0.0199. The van der Waals surface area contributed by atoms with E-state index in [1.54, 1.807) is 12.1 Å². The van der Waals surface area contributed by atoms with Crippen molar-refractivity contribution in [2.75, 3.05) is 17.1 Å². The van der Waals surface area contributed by atoms with Crippen LogP contribution >= 0.6 is 0 Å². The van der Waals surface area contributed by atoms with E-state index in [2.05, 4.69) is 5.32 Å². The zero-order valence-electron chi connectivity index (χ0n) is 25.4. The summed E-state index contributed by atoms with van der Waals surface area (Å²) in [5, 5.41) is 3.02. The van der Waals surface area contributed by atoms with Crippen molar-refractivity contribution in [1.29, 1.82) is 0 Å². The summed E-state index contributed by atoms with van der Waals surface area (Å²) < 4.78 is 40.4. The molecule has 7 nitrogen and oxygen atoms in total. The number of hydrogen-bond acceptors (Lipinski definition) is 4. The molecule has 9 heteroatoms. The number of hydrogen-bond donors (Lipinski definition) is 1. The van der Waals surface area contributed by atoms with Crippen LogP contribution in [-0.4, -0.2) is 49.5 Å². The molecule has 0 heterocycles. The van der Waals surface area contributed by atoms with E-state index < -0.39 is 27.4 Å². The number of halogens is 1. The second-order valence-electron chi connectivity index (χ2n) is 11.9. The van der Waals surface area contributed by atoms with Gasteiger partial charge in [-0.1, -0.05) is 48.5 Å². The summed E-state index contributed by atoms with van der Waals surface area (Å²) in [4.78, 5) is 29.1. The first-order chi connectivity index (χ1) is 19.6. The molecular formula is C33H42FN3O4S. The standard InChI is InChI=1S/C33H42FN3O4S/c1-24-19-25(2)21-29(20-24)37(42(6,40)41)18-10-13-31(38)36(23-27-14-16-28(34)17-15-27)30(32(39)35-33(3,4)5)22-26-11-8-7-9-12-26/h7-9,11-12,14-17,19-21,30H,10,13,18,22-23H2,1-6H3,(H,35,39). The number of carbonyl (C=O) groups excluding carboxylic acids is 2. The first kappa shape index (κ1) is 32.8. The molecule has 0 bridgehead atoms. The molecule has 0 radical (unpaired) electrons. The topological polar surface area (TPSA) is 86.8 Å². The summed E-state index contributed by atoms with van der Waals surface area (Å²) in [5.74, 6) is -0.983. The quantitative estimate of drug-likeness (QED) is 0.298. The second kappa shape index (κ2) is 14.0. The van der Waals surface area contributed by atoms with E-state index in [9.17, 15) is 22.4 Å². The fourth-order valence-corrected chi connectivity index (χ4v) is 5.84. The van der Waals surface area contributed by atoms with E-state index in [-0.39, 0.29) is 44.2 Å². The van der Waals surface area contributed by atoms with Crippen molar-refractivity contribution in [3.63, 3.8) is 0 Å². The number of benzene rings is 3. The SMILES string of the molecule is Cc1cc(C)cc(N(CCCC(=O)N(Cc2ccc(F)cc2)C(Cc2ccccc2)C(=O)NC(C)(C)C)S(C)(=O)=O)c1. The predicted octanol–water partition coefficient (Wildman–Crippen LogP) is 5.54. The van der Waals surface area contributed by atoms with Gasteiger partial charge in [-0.2, -0.15) is 0 Å². The number of nitrogens with zero attached hydrogens (tertiary/aromatic N) is 2. The zero-order valence-corrected chi connectivity index (χ0v) is 26.2. The lowest BCUT2D eigenvalue weighted by Crippen LogP contribution is -2.54. The van der Waals surface area contributed by atoms with E-state index >= 15 is 0 Å². The molecule has 0 spiro atoms. The zero-order chi connectivity index (χ0) is 31.1. The number of nitrogens with one attached hydrogen (secondary N) is 1. The molecular weight excluding hydrogens is 553 g/mol. The van der Waals surface area contributed by atoms with E-state index in [0.29, 0.717) is 11.3 Å². The predicted molar refractivity (Wildman–Crippen MR) is 166 cm³/mol. The highest BCUT2D eigenvalue weighted by Crippen LogP contribution is 2.23. The van der Waals surface area contributed by atoms with Crippen LogP contribution in [0, 0.1) is 19.7 Å². The molecule has 3 aromatic rings. The summed E-state index contributed by atoms with van der Waals surface area (Å²) in [6, 6.07) is 20.1. The van der Waals surface area contributed by atoms with Gasteiger partial charge in [0.25, 0.3) is 0 Å². The van der Waals surface area contributed by atoms with E-state index in [0.717, 1.165) is 22.9 Å². The van der Waals surface area contributed by atoms with Gasteiger partial charge in [-0.25, -0.2) is 12.8 Å². The molecule has 1 atom stereocenters. The number of carbonyl (C=O) groups is 2. The second-order valence-corrected chi connectivity index (χ2v) is 13.8. The lowest BCUT2D eigenvalue weighted by Gasteiger charge is -2.34. The largest absolute Gasteiger partial charge is 0.350 e. The van der Waals surface area contributed by atoms with Crippen molar-refractivity contribution in [3.05, 3.63) is 101 Å². The Morgan fingerprint density at radius 3 is 2.05 bits per heavy atom. The van der Waals surface area contributed by atoms with Crippen LogP contribution in [0.3, 0.4) is 0 Å². The van der Waals surface area contributed by atoms with Gasteiger partial charge in [-0.15, -0.1) is 0 Å². The highest BCUT2D eigenvalue weighted by Gasteiger charge is 2.32. The maximum absolute atomic E-state index is 13.9. The molecule has 0 aliphatic heterocycles. The molecule has 0 aliphatic rings. The van der Waals surface area contributed by atoms with Gasteiger partial charge in [0.2, 0.25) is 21.8 Å². The van der Waals surface area contributed by atoms with Crippen LogP contribution in [-0.2, 0) is 32.6 Å². The lowest BCUT2D eigenvalue weighted by molar-refractivity contribution is -0.142.